The average Bonchev–Trinajstić information content (AvgIpc) is 2.71. The van der Waals surface area contributed by atoms with Crippen LogP contribution in [-0.4, -0.2) is 25.2 Å². The van der Waals surface area contributed by atoms with Gasteiger partial charge < -0.3 is 10.2 Å². The van der Waals surface area contributed by atoms with Crippen molar-refractivity contribution in [3.8, 4) is 0 Å². The van der Waals surface area contributed by atoms with E-state index in [-0.39, 0.29) is 13.2 Å². The number of nitrogens with zero attached hydrogens (tertiary/aromatic N) is 3. The van der Waals surface area contributed by atoms with E-state index < -0.39 is 0 Å². The van der Waals surface area contributed by atoms with Gasteiger partial charge in [-0.3, -0.25) is 0 Å². The highest BCUT2D eigenvalue weighted by Crippen LogP contribution is 2.08. The Hall–Kier alpha value is -0.940. The second-order valence-corrected chi connectivity index (χ2v) is 3.94. The van der Waals surface area contributed by atoms with Crippen LogP contribution in [0.1, 0.15) is 50.4 Å². The number of aryl methyl sites for hydroxylation is 1. The van der Waals surface area contributed by atoms with Crippen LogP contribution in [0.2, 0.25) is 0 Å². The first-order chi connectivity index (χ1) is 7.83. The molecule has 0 radical (unpaired) electrons. The highest BCUT2D eigenvalue weighted by molar-refractivity contribution is 5.07. The van der Waals surface area contributed by atoms with E-state index in [1.165, 1.54) is 25.7 Å². The lowest BCUT2D eigenvalue weighted by Crippen LogP contribution is -2.06. The summed E-state index contributed by atoms with van der Waals surface area (Å²) in [7, 11) is 0. The highest BCUT2D eigenvalue weighted by atomic mass is 16.3. The van der Waals surface area contributed by atoms with Crippen molar-refractivity contribution in [1.82, 2.24) is 15.0 Å². The van der Waals surface area contributed by atoms with Gasteiger partial charge in [-0.05, 0) is 6.42 Å². The molecule has 1 aromatic heterocycles. The minimum absolute atomic E-state index is 0.113. The Morgan fingerprint density at radius 3 is 2.44 bits per heavy atom. The number of hydrogen-bond donors (Lipinski definition) is 2. The van der Waals surface area contributed by atoms with Gasteiger partial charge in [0.05, 0.1) is 18.9 Å². The van der Waals surface area contributed by atoms with E-state index in [1.54, 1.807) is 4.68 Å². The highest BCUT2D eigenvalue weighted by Gasteiger charge is 2.10. The maximum atomic E-state index is 9.15. The molecular weight excluding hydrogens is 206 g/mol. The van der Waals surface area contributed by atoms with E-state index in [2.05, 4.69) is 17.2 Å². The third-order valence-electron chi connectivity index (χ3n) is 2.69. The second kappa shape index (κ2) is 7.35. The molecule has 16 heavy (non-hydrogen) atoms. The second-order valence-electron chi connectivity index (χ2n) is 3.94. The minimum atomic E-state index is -0.161. The Bertz CT molecular complexity index is 299. The van der Waals surface area contributed by atoms with Crippen LogP contribution in [0.4, 0.5) is 0 Å². The fraction of sp³-hybridized carbons (Fsp3) is 0.818. The first-order valence-electron chi connectivity index (χ1n) is 5.96. The predicted molar refractivity (Wildman–Crippen MR) is 60.6 cm³/mol. The average molecular weight is 227 g/mol. The fourth-order valence-electron chi connectivity index (χ4n) is 1.71. The van der Waals surface area contributed by atoms with E-state index in [1.807, 2.05) is 0 Å². The van der Waals surface area contributed by atoms with Gasteiger partial charge in [0, 0.05) is 6.54 Å². The summed E-state index contributed by atoms with van der Waals surface area (Å²) in [6.45, 7) is 2.69. The summed E-state index contributed by atoms with van der Waals surface area (Å²) >= 11 is 0. The maximum Gasteiger partial charge on any atom is 0.114 e. The van der Waals surface area contributed by atoms with Gasteiger partial charge >= 0.3 is 0 Å². The van der Waals surface area contributed by atoms with Crippen molar-refractivity contribution < 1.29 is 10.2 Å². The van der Waals surface area contributed by atoms with Crippen LogP contribution < -0.4 is 0 Å². The number of aliphatic hydroxyl groups is 2. The first kappa shape index (κ1) is 13.1. The van der Waals surface area contributed by atoms with Crippen molar-refractivity contribution in [2.24, 2.45) is 0 Å². The van der Waals surface area contributed by atoms with Gasteiger partial charge in [0.1, 0.15) is 5.69 Å². The summed E-state index contributed by atoms with van der Waals surface area (Å²) in [6, 6.07) is 0. The van der Waals surface area contributed by atoms with E-state index in [9.17, 15) is 0 Å². The molecule has 0 saturated heterocycles. The van der Waals surface area contributed by atoms with E-state index in [0.717, 1.165) is 13.0 Å². The quantitative estimate of drug-likeness (QED) is 0.655. The van der Waals surface area contributed by atoms with Crippen molar-refractivity contribution in [2.75, 3.05) is 0 Å². The van der Waals surface area contributed by atoms with Crippen LogP contribution in [0.25, 0.3) is 0 Å². The smallest absolute Gasteiger partial charge is 0.114 e. The molecule has 0 aliphatic rings. The Morgan fingerprint density at radius 2 is 1.81 bits per heavy atom. The summed E-state index contributed by atoms with van der Waals surface area (Å²) in [4.78, 5) is 0. The topological polar surface area (TPSA) is 71.2 Å². The third kappa shape index (κ3) is 3.57. The number of aromatic nitrogens is 3. The van der Waals surface area contributed by atoms with Gasteiger partial charge in [0.2, 0.25) is 0 Å². The fourth-order valence-corrected chi connectivity index (χ4v) is 1.71. The van der Waals surface area contributed by atoms with Crippen molar-refractivity contribution in [2.45, 2.75) is 58.8 Å². The van der Waals surface area contributed by atoms with Crippen molar-refractivity contribution in [3.05, 3.63) is 11.4 Å². The number of hydrogen-bond acceptors (Lipinski definition) is 4. The largest absolute Gasteiger partial charge is 0.390 e. The molecule has 92 valence electrons. The number of rotatable bonds is 8. The molecule has 0 saturated carbocycles. The molecule has 1 heterocycles. The molecule has 5 heteroatoms. The van der Waals surface area contributed by atoms with Crippen molar-refractivity contribution >= 4 is 0 Å². The monoisotopic (exact) mass is 227 g/mol. The molecule has 2 N–H and O–H groups in total. The molecule has 0 aromatic carbocycles. The van der Waals surface area contributed by atoms with Crippen LogP contribution in [0.5, 0.6) is 0 Å². The molecule has 1 aromatic rings. The van der Waals surface area contributed by atoms with Crippen molar-refractivity contribution in [1.29, 1.82) is 0 Å². The zero-order valence-corrected chi connectivity index (χ0v) is 9.89. The standard InChI is InChI=1S/C11H21N3O2/c1-2-3-4-5-6-7-14-11(9-16)10(8-15)12-13-14/h15-16H,2-9H2,1H3. The number of aliphatic hydroxyl groups excluding tert-OH is 2. The third-order valence-corrected chi connectivity index (χ3v) is 2.69. The Morgan fingerprint density at radius 1 is 1.06 bits per heavy atom. The van der Waals surface area contributed by atoms with Crippen LogP contribution in [0.15, 0.2) is 0 Å². The van der Waals surface area contributed by atoms with Gasteiger partial charge in [-0.15, -0.1) is 5.10 Å². The van der Waals surface area contributed by atoms with Gasteiger partial charge in [-0.1, -0.05) is 37.8 Å². The predicted octanol–water partition coefficient (Wildman–Crippen LogP) is 1.23. The lowest BCUT2D eigenvalue weighted by atomic mass is 10.1. The minimum Gasteiger partial charge on any atom is -0.390 e. The van der Waals surface area contributed by atoms with Gasteiger partial charge in [0.15, 0.2) is 0 Å². The molecule has 0 unspecified atom stereocenters. The van der Waals surface area contributed by atoms with Crippen LogP contribution >= 0.6 is 0 Å². The number of unbranched alkanes of at least 4 members (excludes halogenated alkanes) is 4. The Balaban J connectivity index is 2.38. The summed E-state index contributed by atoms with van der Waals surface area (Å²) in [6.07, 6.45) is 5.97. The van der Waals surface area contributed by atoms with Crippen LogP contribution in [-0.2, 0) is 19.8 Å². The molecule has 0 amide bonds. The van der Waals surface area contributed by atoms with Gasteiger partial charge in [-0.25, -0.2) is 4.68 Å². The summed E-state index contributed by atoms with van der Waals surface area (Å²) in [5.74, 6) is 0. The Labute approximate surface area is 96.1 Å². The SMILES string of the molecule is CCCCCCCn1nnc(CO)c1CO. The summed E-state index contributed by atoms with van der Waals surface area (Å²) in [5, 5.41) is 25.9. The molecule has 0 bridgehead atoms. The zero-order chi connectivity index (χ0) is 11.8. The van der Waals surface area contributed by atoms with E-state index in [4.69, 9.17) is 10.2 Å². The van der Waals surface area contributed by atoms with Crippen molar-refractivity contribution in [3.63, 3.8) is 0 Å². The molecule has 0 aliphatic carbocycles. The van der Waals surface area contributed by atoms with E-state index >= 15 is 0 Å². The molecule has 0 fully saturated rings. The lowest BCUT2D eigenvalue weighted by Gasteiger charge is -2.04. The molecule has 1 rings (SSSR count). The Kier molecular flexibility index (Phi) is 6.03. The maximum absolute atomic E-state index is 9.15. The van der Waals surface area contributed by atoms with Gasteiger partial charge in [-0.2, -0.15) is 0 Å². The summed E-state index contributed by atoms with van der Waals surface area (Å²) in [5.41, 5.74) is 1.12. The van der Waals surface area contributed by atoms with Crippen LogP contribution in [0, 0.1) is 0 Å². The molecule has 0 atom stereocenters. The molecular formula is C11H21N3O2. The van der Waals surface area contributed by atoms with Crippen LogP contribution in [0.3, 0.4) is 0 Å². The lowest BCUT2D eigenvalue weighted by molar-refractivity contribution is 0.249. The first-order valence-corrected chi connectivity index (χ1v) is 5.96. The zero-order valence-electron chi connectivity index (χ0n) is 9.89. The van der Waals surface area contributed by atoms with E-state index in [0.29, 0.717) is 11.4 Å². The molecule has 0 spiro atoms. The normalized spacial score (nSPS) is 10.9. The summed E-state index contributed by atoms with van der Waals surface area (Å²) < 4.78 is 1.69. The molecule has 0 aliphatic heterocycles. The van der Waals surface area contributed by atoms with Gasteiger partial charge in [0.25, 0.3) is 0 Å². The molecule has 5 nitrogen and oxygen atoms in total.